The van der Waals surface area contributed by atoms with Crippen LogP contribution in [0.25, 0.3) is 0 Å². The zero-order chi connectivity index (χ0) is 17.2. The molecule has 0 heterocycles. The molecule has 0 fully saturated rings. The van der Waals surface area contributed by atoms with Crippen molar-refractivity contribution in [3.63, 3.8) is 0 Å². The Bertz CT molecular complexity index is 542. The molecule has 1 aromatic rings. The van der Waals surface area contributed by atoms with Crippen LogP contribution in [0, 0.1) is 23.3 Å². The minimum Gasteiger partial charge on any atom is -0.425 e. The van der Waals surface area contributed by atoms with Gasteiger partial charge in [0.2, 0.25) is 34.8 Å². The maximum absolute atomic E-state index is 13.9. The predicted molar refractivity (Wildman–Crippen MR) is 80.1 cm³/mol. The molecule has 0 unspecified atom stereocenters. The Kier molecular flexibility index (Phi) is 5.89. The highest BCUT2D eigenvalue weighted by molar-refractivity contribution is 7.80. The lowest BCUT2D eigenvalue weighted by Crippen LogP contribution is -2.27. The van der Waals surface area contributed by atoms with E-state index in [4.69, 9.17) is 0 Å². The van der Waals surface area contributed by atoms with Crippen molar-refractivity contribution in [3.05, 3.63) is 23.3 Å². The molecule has 122 valence electrons. The van der Waals surface area contributed by atoms with Crippen LogP contribution in [0.5, 0.6) is 11.5 Å². The van der Waals surface area contributed by atoms with Gasteiger partial charge in [0.25, 0.3) is 10.3 Å². The Hall–Kier alpha value is -1.68. The van der Waals surface area contributed by atoms with Crippen LogP contribution in [0.1, 0.15) is 0 Å². The molecular weight excluding hydrogens is 344 g/mol. The second kappa shape index (κ2) is 7.05. The topological polar surface area (TPSA) is 24.9 Å². The lowest BCUT2D eigenvalue weighted by molar-refractivity contribution is 0.334. The largest absolute Gasteiger partial charge is 0.425 e. The number of ether oxygens (including phenoxy) is 2. The van der Waals surface area contributed by atoms with E-state index in [9.17, 15) is 17.6 Å². The van der Waals surface area contributed by atoms with Crippen LogP contribution in [0.15, 0.2) is 0 Å². The number of benzene rings is 1. The first-order valence-corrected chi connectivity index (χ1v) is 6.53. The lowest BCUT2D eigenvalue weighted by Gasteiger charge is -2.18. The van der Waals surface area contributed by atoms with Crippen LogP contribution >= 0.6 is 24.4 Å². The summed E-state index contributed by atoms with van der Waals surface area (Å²) in [6.07, 6.45) is 0. The minimum absolute atomic E-state index is 0.380. The van der Waals surface area contributed by atoms with E-state index in [1.807, 2.05) is 0 Å². The molecule has 1 aromatic carbocycles. The summed E-state index contributed by atoms with van der Waals surface area (Å²) in [5.41, 5.74) is 0. The monoisotopic (exact) mass is 356 g/mol. The van der Waals surface area contributed by atoms with E-state index < -0.39 is 34.8 Å². The van der Waals surface area contributed by atoms with Crippen LogP contribution in [0.4, 0.5) is 17.6 Å². The van der Waals surface area contributed by atoms with E-state index in [-0.39, 0.29) is 10.3 Å². The van der Waals surface area contributed by atoms with Crippen LogP contribution < -0.4 is 9.47 Å². The van der Waals surface area contributed by atoms with Gasteiger partial charge in [0, 0.05) is 28.2 Å². The van der Waals surface area contributed by atoms with Gasteiger partial charge < -0.3 is 19.3 Å². The average Bonchev–Trinajstić information content (AvgIpc) is 2.45. The van der Waals surface area contributed by atoms with Crippen molar-refractivity contribution < 1.29 is 27.0 Å². The molecule has 0 spiro atoms. The normalized spacial score (nSPS) is 10.2. The number of hydrogen-bond donors (Lipinski definition) is 0. The van der Waals surface area contributed by atoms with Gasteiger partial charge >= 0.3 is 0 Å². The smallest absolute Gasteiger partial charge is 0.264 e. The third kappa shape index (κ3) is 3.74. The summed E-state index contributed by atoms with van der Waals surface area (Å²) in [6.45, 7) is 0. The van der Waals surface area contributed by atoms with Gasteiger partial charge in [-0.3, -0.25) is 0 Å². The fraction of sp³-hybridized carbons (Fsp3) is 0.333. The quantitative estimate of drug-likeness (QED) is 0.459. The Morgan fingerprint density at radius 2 is 0.909 bits per heavy atom. The maximum Gasteiger partial charge on any atom is 0.264 e. The predicted octanol–water partition coefficient (Wildman–Crippen LogP) is 2.69. The Balaban J connectivity index is 3.32. The fourth-order valence-electron chi connectivity index (χ4n) is 1.13. The summed E-state index contributed by atoms with van der Waals surface area (Å²) >= 11 is 9.34. The van der Waals surface area contributed by atoms with Crippen molar-refractivity contribution in [2.45, 2.75) is 0 Å². The second-order valence-electron chi connectivity index (χ2n) is 4.44. The van der Waals surface area contributed by atoms with Crippen molar-refractivity contribution in [2.75, 3.05) is 28.2 Å². The third-order valence-electron chi connectivity index (χ3n) is 2.29. The number of thiocarbonyl (C=S) groups is 2. The van der Waals surface area contributed by atoms with E-state index in [1.165, 1.54) is 38.0 Å². The molecule has 0 N–H and O–H groups in total. The van der Waals surface area contributed by atoms with Gasteiger partial charge in [-0.1, -0.05) is 0 Å². The molecule has 0 saturated heterocycles. The summed E-state index contributed by atoms with van der Waals surface area (Å²) in [5.74, 6) is -9.70. The van der Waals surface area contributed by atoms with Gasteiger partial charge in [0.1, 0.15) is 0 Å². The second-order valence-corrected chi connectivity index (χ2v) is 5.14. The first-order valence-electron chi connectivity index (χ1n) is 5.72. The Morgan fingerprint density at radius 3 is 1.09 bits per heavy atom. The van der Waals surface area contributed by atoms with Gasteiger partial charge in [-0.2, -0.15) is 17.6 Å². The van der Waals surface area contributed by atoms with Gasteiger partial charge in [-0.05, 0) is 24.4 Å². The van der Waals surface area contributed by atoms with Gasteiger partial charge in [0.15, 0.2) is 0 Å². The van der Waals surface area contributed by atoms with Crippen molar-refractivity contribution >= 4 is 34.8 Å². The van der Waals surface area contributed by atoms with Crippen molar-refractivity contribution in [2.24, 2.45) is 0 Å². The number of nitrogens with zero attached hydrogens (tertiary/aromatic N) is 2. The lowest BCUT2D eigenvalue weighted by atomic mass is 10.2. The molecule has 4 nitrogen and oxygen atoms in total. The summed E-state index contributed by atoms with van der Waals surface area (Å²) in [6, 6.07) is 0. The summed E-state index contributed by atoms with van der Waals surface area (Å²) in [5, 5.41) is -0.761. The Labute approximate surface area is 135 Å². The molecule has 0 aliphatic rings. The van der Waals surface area contributed by atoms with Gasteiger partial charge in [-0.25, -0.2) is 0 Å². The standard InChI is InChI=1S/C12H12F4N2O2S2/c1-17(2)11(21)19-9-5(13)7(15)10(8(16)6(9)14)20-12(22)18(3)4/h1-4H3. The Morgan fingerprint density at radius 1 is 0.682 bits per heavy atom. The van der Waals surface area contributed by atoms with Crippen molar-refractivity contribution in [1.29, 1.82) is 0 Å². The molecule has 0 atom stereocenters. The molecule has 10 heteroatoms. The van der Waals surface area contributed by atoms with E-state index >= 15 is 0 Å². The first kappa shape index (κ1) is 18.4. The number of rotatable bonds is 2. The number of hydrogen-bond acceptors (Lipinski definition) is 4. The van der Waals surface area contributed by atoms with E-state index in [2.05, 4.69) is 33.9 Å². The van der Waals surface area contributed by atoms with Crippen LogP contribution in [-0.4, -0.2) is 48.3 Å². The molecule has 0 aliphatic carbocycles. The fourth-order valence-corrected chi connectivity index (χ4v) is 1.29. The molecule has 1 rings (SSSR count). The zero-order valence-corrected chi connectivity index (χ0v) is 13.7. The molecule has 0 aliphatic heterocycles. The van der Waals surface area contributed by atoms with Crippen LogP contribution in [0.3, 0.4) is 0 Å². The van der Waals surface area contributed by atoms with Crippen LogP contribution in [-0.2, 0) is 0 Å². The van der Waals surface area contributed by atoms with Crippen LogP contribution in [0.2, 0.25) is 0 Å². The summed E-state index contributed by atoms with van der Waals surface area (Å²) in [4.78, 5) is 2.38. The molecule has 0 radical (unpaired) electrons. The highest BCUT2D eigenvalue weighted by atomic mass is 32.1. The summed E-state index contributed by atoms with van der Waals surface area (Å²) < 4.78 is 64.7. The average molecular weight is 356 g/mol. The number of halogens is 4. The minimum atomic E-state index is -1.78. The molecule has 0 amide bonds. The highest BCUT2D eigenvalue weighted by Gasteiger charge is 2.30. The van der Waals surface area contributed by atoms with Gasteiger partial charge in [-0.15, -0.1) is 0 Å². The SMILES string of the molecule is CN(C)C(=S)Oc1c(F)c(F)c(OC(=S)N(C)C)c(F)c1F. The molecule has 0 bridgehead atoms. The first-order chi connectivity index (χ1) is 10.1. The molecule has 0 saturated carbocycles. The molecule has 22 heavy (non-hydrogen) atoms. The highest BCUT2D eigenvalue weighted by Crippen LogP contribution is 2.35. The van der Waals surface area contributed by atoms with Gasteiger partial charge in [0.05, 0.1) is 0 Å². The van der Waals surface area contributed by atoms with E-state index in [0.29, 0.717) is 0 Å². The summed E-state index contributed by atoms with van der Waals surface area (Å²) in [7, 11) is 5.71. The van der Waals surface area contributed by atoms with E-state index in [1.54, 1.807) is 0 Å². The van der Waals surface area contributed by atoms with Crippen molar-refractivity contribution in [3.8, 4) is 11.5 Å². The van der Waals surface area contributed by atoms with Crippen molar-refractivity contribution in [1.82, 2.24) is 9.80 Å². The third-order valence-corrected chi connectivity index (χ3v) is 3.19. The van der Waals surface area contributed by atoms with E-state index in [0.717, 1.165) is 0 Å². The molecule has 0 aromatic heterocycles. The molecular formula is C12H12F4N2O2S2. The maximum atomic E-state index is 13.9. The zero-order valence-electron chi connectivity index (χ0n) is 12.0.